The van der Waals surface area contributed by atoms with Crippen molar-refractivity contribution in [2.75, 3.05) is 20.3 Å². The van der Waals surface area contributed by atoms with Gasteiger partial charge in [0.05, 0.1) is 31.7 Å². The minimum atomic E-state index is 0.209. The van der Waals surface area contributed by atoms with E-state index in [2.05, 4.69) is 27.8 Å². The molecule has 6 heteroatoms. The van der Waals surface area contributed by atoms with Crippen LogP contribution in [-0.4, -0.2) is 41.4 Å². The van der Waals surface area contributed by atoms with Gasteiger partial charge in [0, 0.05) is 6.54 Å². The predicted octanol–water partition coefficient (Wildman–Crippen LogP) is 0.902. The van der Waals surface area contributed by atoms with Gasteiger partial charge in [-0.2, -0.15) is 0 Å². The standard InChI is InChI=1S/C14H18N4O2/c1-15-6-11-2-4-13(5-3-11)18-7-12(16-17-18)8-20-14-9-19-10-14/h2-5,7,14-15H,6,8-10H2,1H3. The molecule has 1 aliphatic rings. The molecule has 1 aliphatic heterocycles. The molecule has 1 fully saturated rings. The third kappa shape index (κ3) is 3.04. The van der Waals surface area contributed by atoms with Crippen molar-refractivity contribution >= 4 is 0 Å². The zero-order valence-electron chi connectivity index (χ0n) is 11.5. The highest BCUT2D eigenvalue weighted by Crippen LogP contribution is 2.11. The van der Waals surface area contributed by atoms with Crippen LogP contribution in [0.2, 0.25) is 0 Å². The summed E-state index contributed by atoms with van der Waals surface area (Å²) < 4.78 is 12.4. The van der Waals surface area contributed by atoms with Gasteiger partial charge in [0.2, 0.25) is 0 Å². The summed E-state index contributed by atoms with van der Waals surface area (Å²) in [5.74, 6) is 0. The molecule has 0 atom stereocenters. The van der Waals surface area contributed by atoms with E-state index in [1.807, 2.05) is 25.4 Å². The molecule has 1 saturated heterocycles. The van der Waals surface area contributed by atoms with E-state index in [1.54, 1.807) is 4.68 Å². The highest BCUT2D eigenvalue weighted by Gasteiger charge is 2.19. The van der Waals surface area contributed by atoms with Crippen LogP contribution in [0.4, 0.5) is 0 Å². The zero-order valence-corrected chi connectivity index (χ0v) is 11.5. The monoisotopic (exact) mass is 274 g/mol. The van der Waals surface area contributed by atoms with Crippen molar-refractivity contribution in [3.05, 3.63) is 41.7 Å². The Morgan fingerprint density at radius 1 is 1.35 bits per heavy atom. The SMILES string of the molecule is CNCc1ccc(-n2cc(COC3COC3)nn2)cc1. The Hall–Kier alpha value is -1.76. The lowest BCUT2D eigenvalue weighted by Crippen LogP contribution is -2.35. The summed E-state index contributed by atoms with van der Waals surface area (Å²) in [6.07, 6.45) is 2.10. The number of nitrogens with zero attached hydrogens (tertiary/aromatic N) is 3. The van der Waals surface area contributed by atoms with Gasteiger partial charge in [-0.1, -0.05) is 17.3 Å². The Bertz CT molecular complexity index is 549. The summed E-state index contributed by atoms with van der Waals surface area (Å²) in [6, 6.07) is 8.22. The second-order valence-corrected chi connectivity index (χ2v) is 4.82. The van der Waals surface area contributed by atoms with E-state index in [-0.39, 0.29) is 6.10 Å². The summed E-state index contributed by atoms with van der Waals surface area (Å²) in [5.41, 5.74) is 3.07. The van der Waals surface area contributed by atoms with Gasteiger partial charge in [-0.3, -0.25) is 0 Å². The van der Waals surface area contributed by atoms with Crippen LogP contribution in [0.1, 0.15) is 11.3 Å². The van der Waals surface area contributed by atoms with Gasteiger partial charge >= 0.3 is 0 Å². The van der Waals surface area contributed by atoms with Crippen LogP contribution < -0.4 is 5.32 Å². The first-order valence-electron chi connectivity index (χ1n) is 6.69. The van der Waals surface area contributed by atoms with E-state index in [0.29, 0.717) is 19.8 Å². The molecule has 1 N–H and O–H groups in total. The van der Waals surface area contributed by atoms with E-state index in [1.165, 1.54) is 5.56 Å². The normalized spacial score (nSPS) is 15.2. The molecule has 2 aromatic rings. The largest absolute Gasteiger partial charge is 0.376 e. The third-order valence-electron chi connectivity index (χ3n) is 3.20. The molecule has 1 aromatic carbocycles. The van der Waals surface area contributed by atoms with Crippen LogP contribution in [0.5, 0.6) is 0 Å². The molecule has 20 heavy (non-hydrogen) atoms. The van der Waals surface area contributed by atoms with Gasteiger partial charge < -0.3 is 14.8 Å². The number of benzene rings is 1. The number of hydrogen-bond acceptors (Lipinski definition) is 5. The summed E-state index contributed by atoms with van der Waals surface area (Å²) in [4.78, 5) is 0. The van der Waals surface area contributed by atoms with Crippen molar-refractivity contribution in [3.8, 4) is 5.69 Å². The fourth-order valence-electron chi connectivity index (χ4n) is 1.97. The molecular formula is C14H18N4O2. The molecule has 2 heterocycles. The average Bonchev–Trinajstić information content (AvgIpc) is 2.87. The van der Waals surface area contributed by atoms with Gasteiger partial charge in [0.15, 0.2) is 0 Å². The van der Waals surface area contributed by atoms with Gasteiger partial charge in [0.25, 0.3) is 0 Å². The van der Waals surface area contributed by atoms with E-state index < -0.39 is 0 Å². The molecule has 106 valence electrons. The van der Waals surface area contributed by atoms with Crippen molar-refractivity contribution in [1.29, 1.82) is 0 Å². The number of ether oxygens (including phenoxy) is 2. The fraction of sp³-hybridized carbons (Fsp3) is 0.429. The van der Waals surface area contributed by atoms with Crippen LogP contribution in [0.15, 0.2) is 30.5 Å². The molecule has 0 saturated carbocycles. The third-order valence-corrected chi connectivity index (χ3v) is 3.20. The second-order valence-electron chi connectivity index (χ2n) is 4.82. The highest BCUT2D eigenvalue weighted by atomic mass is 16.6. The smallest absolute Gasteiger partial charge is 0.109 e. The Morgan fingerprint density at radius 3 is 2.80 bits per heavy atom. The Labute approximate surface area is 117 Å². The summed E-state index contributed by atoms with van der Waals surface area (Å²) in [7, 11) is 1.94. The lowest BCUT2D eigenvalue weighted by Gasteiger charge is -2.25. The number of nitrogens with one attached hydrogen (secondary N) is 1. The molecule has 0 aliphatic carbocycles. The van der Waals surface area contributed by atoms with Gasteiger partial charge in [-0.25, -0.2) is 4.68 Å². The molecule has 0 unspecified atom stereocenters. The van der Waals surface area contributed by atoms with E-state index in [4.69, 9.17) is 9.47 Å². The van der Waals surface area contributed by atoms with Crippen LogP contribution >= 0.6 is 0 Å². The Morgan fingerprint density at radius 2 is 2.15 bits per heavy atom. The topological polar surface area (TPSA) is 61.2 Å². The minimum Gasteiger partial charge on any atom is -0.376 e. The fourth-order valence-corrected chi connectivity index (χ4v) is 1.97. The van der Waals surface area contributed by atoms with Crippen LogP contribution in [0.3, 0.4) is 0 Å². The molecule has 1 aromatic heterocycles. The summed E-state index contributed by atoms with van der Waals surface area (Å²) in [5, 5.41) is 11.4. The van der Waals surface area contributed by atoms with Gasteiger partial charge in [0.1, 0.15) is 11.8 Å². The highest BCUT2D eigenvalue weighted by molar-refractivity contribution is 5.33. The molecule has 0 spiro atoms. The van der Waals surface area contributed by atoms with Crippen LogP contribution in [0, 0.1) is 0 Å². The maximum Gasteiger partial charge on any atom is 0.109 e. The van der Waals surface area contributed by atoms with Gasteiger partial charge in [-0.05, 0) is 24.7 Å². The quantitative estimate of drug-likeness (QED) is 0.848. The lowest BCUT2D eigenvalue weighted by molar-refractivity contribution is -0.135. The average molecular weight is 274 g/mol. The first-order valence-corrected chi connectivity index (χ1v) is 6.69. The van der Waals surface area contributed by atoms with Crippen molar-refractivity contribution in [1.82, 2.24) is 20.3 Å². The van der Waals surface area contributed by atoms with E-state index >= 15 is 0 Å². The van der Waals surface area contributed by atoms with Crippen molar-refractivity contribution < 1.29 is 9.47 Å². The van der Waals surface area contributed by atoms with Gasteiger partial charge in [-0.15, -0.1) is 5.10 Å². The maximum absolute atomic E-state index is 5.62. The summed E-state index contributed by atoms with van der Waals surface area (Å²) >= 11 is 0. The van der Waals surface area contributed by atoms with Crippen LogP contribution in [0.25, 0.3) is 5.69 Å². The molecule has 0 bridgehead atoms. The molecule has 0 radical (unpaired) electrons. The Balaban J connectivity index is 1.62. The zero-order chi connectivity index (χ0) is 13.8. The first kappa shape index (κ1) is 13.2. The molecule has 3 rings (SSSR count). The molecular weight excluding hydrogens is 256 g/mol. The lowest BCUT2D eigenvalue weighted by atomic mass is 10.2. The Kier molecular flexibility index (Phi) is 4.05. The van der Waals surface area contributed by atoms with E-state index in [0.717, 1.165) is 17.9 Å². The first-order chi connectivity index (χ1) is 9.85. The minimum absolute atomic E-state index is 0.209. The van der Waals surface area contributed by atoms with Crippen LogP contribution in [-0.2, 0) is 22.6 Å². The number of aromatic nitrogens is 3. The van der Waals surface area contributed by atoms with Crippen molar-refractivity contribution in [2.24, 2.45) is 0 Å². The molecule has 0 amide bonds. The molecule has 6 nitrogen and oxygen atoms in total. The summed E-state index contributed by atoms with van der Waals surface area (Å²) in [6.45, 7) is 2.70. The number of rotatable bonds is 6. The van der Waals surface area contributed by atoms with E-state index in [9.17, 15) is 0 Å². The second kappa shape index (κ2) is 6.13. The van der Waals surface area contributed by atoms with Crippen molar-refractivity contribution in [2.45, 2.75) is 19.3 Å². The predicted molar refractivity (Wildman–Crippen MR) is 73.5 cm³/mol. The van der Waals surface area contributed by atoms with Crippen molar-refractivity contribution in [3.63, 3.8) is 0 Å². The number of hydrogen-bond donors (Lipinski definition) is 1. The maximum atomic E-state index is 5.62.